The molecule has 1 atom stereocenters. The van der Waals surface area contributed by atoms with Crippen molar-refractivity contribution >= 4 is 16.8 Å². The number of rotatable bonds is 4. The van der Waals surface area contributed by atoms with Crippen molar-refractivity contribution in [2.75, 3.05) is 7.11 Å². The first-order valence-corrected chi connectivity index (χ1v) is 12.8. The fourth-order valence-corrected chi connectivity index (χ4v) is 5.20. The van der Waals surface area contributed by atoms with E-state index in [4.69, 9.17) is 13.9 Å². The van der Waals surface area contributed by atoms with Gasteiger partial charge in [0.2, 0.25) is 0 Å². The van der Waals surface area contributed by atoms with Gasteiger partial charge in [-0.2, -0.15) is 0 Å². The summed E-state index contributed by atoms with van der Waals surface area (Å²) in [6, 6.07) is 14.3. The molecule has 5 aromatic rings. The van der Waals surface area contributed by atoms with Crippen molar-refractivity contribution in [3.8, 4) is 62.7 Å². The lowest BCUT2D eigenvalue weighted by Gasteiger charge is -2.27. The van der Waals surface area contributed by atoms with Gasteiger partial charge in [0.25, 0.3) is 0 Å². The van der Waals surface area contributed by atoms with Gasteiger partial charge in [0.05, 0.1) is 19.1 Å². The van der Waals surface area contributed by atoms with E-state index >= 15 is 0 Å². The zero-order valence-corrected chi connectivity index (χ0v) is 22.3. The highest BCUT2D eigenvalue weighted by Gasteiger charge is 2.33. The molecule has 0 aliphatic carbocycles. The molecule has 1 aliphatic heterocycles. The van der Waals surface area contributed by atoms with Crippen LogP contribution in [0.2, 0.25) is 0 Å². The van der Waals surface area contributed by atoms with E-state index < -0.39 is 23.0 Å². The summed E-state index contributed by atoms with van der Waals surface area (Å²) in [6.07, 6.45) is -0.958. The Hall–Kier alpha value is -5.64. The number of hydrogen-bond acceptors (Lipinski definition) is 10. The Kier molecular flexibility index (Phi) is 6.18. The van der Waals surface area contributed by atoms with E-state index in [-0.39, 0.29) is 79.9 Å². The van der Waals surface area contributed by atoms with Crippen LogP contribution in [0, 0.1) is 6.92 Å². The molecule has 212 valence electrons. The van der Waals surface area contributed by atoms with E-state index in [1.807, 2.05) is 0 Å². The van der Waals surface area contributed by atoms with Crippen LogP contribution in [-0.4, -0.2) is 38.4 Å². The van der Waals surface area contributed by atoms with E-state index in [0.29, 0.717) is 11.1 Å². The molecular formula is C32H24O10. The predicted octanol–water partition coefficient (Wildman–Crippen LogP) is 5.68. The maximum absolute atomic E-state index is 13.2. The monoisotopic (exact) mass is 568 g/mol. The lowest BCUT2D eigenvalue weighted by molar-refractivity contribution is 0.0844. The molecule has 0 bridgehead atoms. The third-order valence-corrected chi connectivity index (χ3v) is 7.39. The van der Waals surface area contributed by atoms with Crippen molar-refractivity contribution in [3.05, 3.63) is 87.6 Å². The Bertz CT molecular complexity index is 1970. The number of benzene rings is 4. The number of hydrogen-bond donors (Lipinski definition) is 5. The van der Waals surface area contributed by atoms with E-state index in [0.717, 1.165) is 6.07 Å². The number of methoxy groups -OCH3 is 1. The molecular weight excluding hydrogens is 544 g/mol. The molecule has 0 unspecified atom stereocenters. The number of ketones is 1. The van der Waals surface area contributed by atoms with E-state index in [1.165, 1.54) is 38.3 Å². The average molecular weight is 569 g/mol. The number of aromatic hydroxyl groups is 5. The second-order valence-electron chi connectivity index (χ2n) is 9.95. The van der Waals surface area contributed by atoms with Gasteiger partial charge in [-0.25, -0.2) is 0 Å². The SMILES string of the molecule is COc1ccc([C@@H]2CC(=O)c3c(cc(O)c(C)c3O)O2)cc1-c1c(O)cc(O)c2c(=O)cc(-c3ccc(O)cc3)oc12. The minimum Gasteiger partial charge on any atom is -0.508 e. The normalized spacial score (nSPS) is 14.4. The van der Waals surface area contributed by atoms with Crippen molar-refractivity contribution < 1.29 is 44.2 Å². The van der Waals surface area contributed by atoms with Gasteiger partial charge in [0.15, 0.2) is 16.8 Å². The fraction of sp³-hybridized carbons (Fsp3) is 0.125. The highest BCUT2D eigenvalue weighted by molar-refractivity contribution is 6.04. The van der Waals surface area contributed by atoms with Crippen molar-refractivity contribution in [2.45, 2.75) is 19.4 Å². The highest BCUT2D eigenvalue weighted by atomic mass is 16.5. The number of fused-ring (bicyclic) bond motifs is 2. The average Bonchev–Trinajstić information content (AvgIpc) is 2.95. The number of carbonyl (C=O) groups is 1. The van der Waals surface area contributed by atoms with Crippen LogP contribution in [0.25, 0.3) is 33.4 Å². The third-order valence-electron chi connectivity index (χ3n) is 7.39. The first-order chi connectivity index (χ1) is 20.1. The van der Waals surface area contributed by atoms with Gasteiger partial charge in [-0.3, -0.25) is 9.59 Å². The summed E-state index contributed by atoms with van der Waals surface area (Å²) in [5.41, 5.74) is 0.751. The van der Waals surface area contributed by atoms with Crippen LogP contribution in [-0.2, 0) is 0 Å². The van der Waals surface area contributed by atoms with Crippen molar-refractivity contribution in [1.29, 1.82) is 0 Å². The first-order valence-electron chi connectivity index (χ1n) is 12.8. The predicted molar refractivity (Wildman–Crippen MR) is 152 cm³/mol. The number of carbonyl (C=O) groups excluding carboxylic acids is 1. The Morgan fingerprint density at radius 2 is 1.57 bits per heavy atom. The Labute approximate surface area is 237 Å². The molecule has 42 heavy (non-hydrogen) atoms. The summed E-state index contributed by atoms with van der Waals surface area (Å²) >= 11 is 0. The van der Waals surface area contributed by atoms with E-state index in [9.17, 15) is 35.1 Å². The summed E-state index contributed by atoms with van der Waals surface area (Å²) in [5.74, 6) is -1.39. The van der Waals surface area contributed by atoms with Gasteiger partial charge >= 0.3 is 0 Å². The van der Waals surface area contributed by atoms with Gasteiger partial charge in [-0.05, 0) is 48.9 Å². The Morgan fingerprint density at radius 1 is 0.833 bits per heavy atom. The molecule has 0 amide bonds. The zero-order valence-electron chi connectivity index (χ0n) is 22.3. The molecule has 10 heteroatoms. The maximum Gasteiger partial charge on any atom is 0.197 e. The lowest BCUT2D eigenvalue weighted by atomic mass is 9.91. The van der Waals surface area contributed by atoms with Crippen molar-refractivity contribution in [3.63, 3.8) is 0 Å². The molecule has 1 aromatic heterocycles. The van der Waals surface area contributed by atoms with E-state index in [2.05, 4.69) is 0 Å². The standard InChI is InChI=1S/C32H24O10/c1-14-19(34)11-27-30(31(14)39)23(38)13-26(41-27)16-5-8-24(40-2)18(9-16)28-20(35)10-21(36)29-22(37)12-25(42-32(28)29)15-3-6-17(33)7-4-15/h3-12,26,33-36,39H,13H2,1-2H3/t26-/m0/s1. The molecule has 0 radical (unpaired) electrons. The quantitative estimate of drug-likeness (QED) is 0.182. The van der Waals surface area contributed by atoms with Gasteiger partial charge < -0.3 is 39.4 Å². The van der Waals surface area contributed by atoms with Crippen LogP contribution in [0.15, 0.2) is 69.9 Å². The van der Waals surface area contributed by atoms with Crippen LogP contribution in [0.4, 0.5) is 0 Å². The first kappa shape index (κ1) is 26.6. The van der Waals surface area contributed by atoms with Crippen LogP contribution >= 0.6 is 0 Å². The summed E-state index contributed by atoms with van der Waals surface area (Å²) in [4.78, 5) is 26.2. The Balaban J connectivity index is 1.54. The van der Waals surface area contributed by atoms with E-state index in [1.54, 1.807) is 30.3 Å². The molecule has 6 rings (SSSR count). The topological polar surface area (TPSA) is 167 Å². The third kappa shape index (κ3) is 4.21. The minimum atomic E-state index is -0.832. The summed E-state index contributed by atoms with van der Waals surface area (Å²) in [6.45, 7) is 1.49. The molecule has 0 spiro atoms. The Morgan fingerprint density at radius 3 is 2.29 bits per heavy atom. The van der Waals surface area contributed by atoms with Gasteiger partial charge in [0.1, 0.15) is 63.1 Å². The van der Waals surface area contributed by atoms with Gasteiger partial charge in [0, 0.05) is 34.9 Å². The largest absolute Gasteiger partial charge is 0.508 e. The number of Topliss-reactive ketones (excluding diaryl/α,β-unsaturated/α-hetero) is 1. The maximum atomic E-state index is 13.2. The van der Waals surface area contributed by atoms with Crippen molar-refractivity contribution in [1.82, 2.24) is 0 Å². The van der Waals surface area contributed by atoms with Gasteiger partial charge in [-0.15, -0.1) is 0 Å². The smallest absolute Gasteiger partial charge is 0.197 e. The second-order valence-corrected chi connectivity index (χ2v) is 9.95. The van der Waals surface area contributed by atoms with Crippen LogP contribution < -0.4 is 14.9 Å². The molecule has 5 N–H and O–H groups in total. The molecule has 1 aliphatic rings. The van der Waals surface area contributed by atoms with Crippen LogP contribution in [0.5, 0.6) is 40.2 Å². The zero-order chi connectivity index (χ0) is 29.9. The lowest BCUT2D eigenvalue weighted by Crippen LogP contribution is -2.21. The van der Waals surface area contributed by atoms with Crippen molar-refractivity contribution in [2.24, 2.45) is 0 Å². The van der Waals surface area contributed by atoms with Gasteiger partial charge in [-0.1, -0.05) is 6.07 Å². The molecule has 4 aromatic carbocycles. The molecule has 2 heterocycles. The second kappa shape index (κ2) is 9.77. The summed E-state index contributed by atoms with van der Waals surface area (Å²) < 4.78 is 17.7. The number of phenolic OH excluding ortho intramolecular Hbond substituents is 5. The highest BCUT2D eigenvalue weighted by Crippen LogP contribution is 2.48. The fourth-order valence-electron chi connectivity index (χ4n) is 5.20. The number of ether oxygens (including phenoxy) is 2. The molecule has 10 nitrogen and oxygen atoms in total. The van der Waals surface area contributed by atoms with Crippen LogP contribution in [0.3, 0.4) is 0 Å². The minimum absolute atomic E-state index is 0.0130. The molecule has 0 saturated carbocycles. The summed E-state index contributed by atoms with van der Waals surface area (Å²) in [7, 11) is 1.42. The molecule has 0 fully saturated rings. The summed E-state index contributed by atoms with van der Waals surface area (Å²) in [5, 5.41) is 51.8. The van der Waals surface area contributed by atoms with Crippen LogP contribution in [0.1, 0.15) is 34.0 Å². The number of phenols is 5. The molecule has 0 saturated heterocycles.